The first-order valence-corrected chi connectivity index (χ1v) is 5.92. The van der Waals surface area contributed by atoms with Gasteiger partial charge in [-0.1, -0.05) is 12.1 Å². The van der Waals surface area contributed by atoms with Crippen molar-refractivity contribution in [2.24, 2.45) is 7.05 Å². The molecule has 1 N–H and O–H groups in total. The van der Waals surface area contributed by atoms with Gasteiger partial charge in [0, 0.05) is 23.9 Å². The van der Waals surface area contributed by atoms with Gasteiger partial charge in [0.05, 0.1) is 5.69 Å². The summed E-state index contributed by atoms with van der Waals surface area (Å²) in [7, 11) is 1.70. The molecule has 0 saturated carbocycles. The largest absolute Gasteiger partial charge is 0.334 e. The summed E-state index contributed by atoms with van der Waals surface area (Å²) in [6, 6.07) is 5.84. The summed E-state index contributed by atoms with van der Waals surface area (Å²) in [6.07, 6.45) is 3.22. The highest BCUT2D eigenvalue weighted by molar-refractivity contribution is 9.10. The minimum atomic E-state index is -0.150. The van der Waals surface area contributed by atoms with Crippen LogP contribution < -0.4 is 10.9 Å². The van der Waals surface area contributed by atoms with Gasteiger partial charge in [0.15, 0.2) is 5.82 Å². The number of nitrogens with zero attached hydrogens (tertiary/aromatic N) is 2. The first-order valence-electron chi connectivity index (χ1n) is 5.13. The van der Waals surface area contributed by atoms with E-state index in [1.54, 1.807) is 19.4 Å². The topological polar surface area (TPSA) is 46.9 Å². The van der Waals surface area contributed by atoms with E-state index in [9.17, 15) is 4.79 Å². The minimum Gasteiger partial charge on any atom is -0.334 e. The van der Waals surface area contributed by atoms with Crippen LogP contribution in [0.25, 0.3) is 0 Å². The maximum Gasteiger partial charge on any atom is 0.293 e. The third-order valence-corrected chi connectivity index (χ3v) is 3.14. The number of anilines is 2. The minimum absolute atomic E-state index is 0.150. The number of hydrogen-bond donors (Lipinski definition) is 1. The molecule has 0 aliphatic carbocycles. The Morgan fingerprint density at radius 3 is 2.88 bits per heavy atom. The summed E-state index contributed by atoms with van der Waals surface area (Å²) >= 11 is 3.45. The molecule has 4 nitrogen and oxygen atoms in total. The van der Waals surface area contributed by atoms with Gasteiger partial charge in [-0.25, -0.2) is 4.98 Å². The molecule has 0 unspecified atom stereocenters. The van der Waals surface area contributed by atoms with Gasteiger partial charge in [-0.3, -0.25) is 4.79 Å². The zero-order valence-electron chi connectivity index (χ0n) is 9.57. The Morgan fingerprint density at radius 1 is 1.41 bits per heavy atom. The highest BCUT2D eigenvalue weighted by atomic mass is 79.9. The fraction of sp³-hybridized carbons (Fsp3) is 0.167. The molecule has 17 heavy (non-hydrogen) atoms. The Balaban J connectivity index is 2.45. The molecule has 5 heteroatoms. The van der Waals surface area contributed by atoms with Crippen LogP contribution in [0.5, 0.6) is 0 Å². The zero-order valence-corrected chi connectivity index (χ0v) is 11.2. The summed E-state index contributed by atoms with van der Waals surface area (Å²) in [5.41, 5.74) is 1.76. The van der Waals surface area contributed by atoms with Gasteiger partial charge in [-0.2, -0.15) is 0 Å². The molecule has 0 radical (unpaired) electrons. The van der Waals surface area contributed by atoms with Crippen LogP contribution in [0.15, 0.2) is 39.9 Å². The first kappa shape index (κ1) is 11.9. The third-order valence-electron chi connectivity index (χ3n) is 2.48. The molecule has 1 aromatic carbocycles. The Morgan fingerprint density at radius 2 is 2.18 bits per heavy atom. The average molecular weight is 294 g/mol. The molecule has 2 rings (SSSR count). The van der Waals surface area contributed by atoms with E-state index in [0.717, 1.165) is 15.7 Å². The summed E-state index contributed by atoms with van der Waals surface area (Å²) in [4.78, 5) is 15.9. The van der Waals surface area contributed by atoms with Crippen molar-refractivity contribution in [1.29, 1.82) is 0 Å². The van der Waals surface area contributed by atoms with Gasteiger partial charge in [0.25, 0.3) is 5.56 Å². The van der Waals surface area contributed by atoms with E-state index in [-0.39, 0.29) is 5.56 Å². The van der Waals surface area contributed by atoms with Crippen LogP contribution in [-0.2, 0) is 7.05 Å². The fourth-order valence-corrected chi connectivity index (χ4v) is 2.06. The van der Waals surface area contributed by atoms with E-state index in [1.807, 2.05) is 25.1 Å². The molecule has 0 atom stereocenters. The molecule has 0 fully saturated rings. The van der Waals surface area contributed by atoms with Crippen molar-refractivity contribution < 1.29 is 0 Å². The number of benzene rings is 1. The number of nitrogens with one attached hydrogen (secondary N) is 1. The van der Waals surface area contributed by atoms with Crippen LogP contribution in [0.1, 0.15) is 5.56 Å². The van der Waals surface area contributed by atoms with E-state index in [0.29, 0.717) is 5.82 Å². The van der Waals surface area contributed by atoms with E-state index in [4.69, 9.17) is 0 Å². The number of aromatic nitrogens is 2. The summed E-state index contributed by atoms with van der Waals surface area (Å²) < 4.78 is 2.40. The molecular formula is C12H12BrN3O. The monoisotopic (exact) mass is 293 g/mol. The predicted molar refractivity (Wildman–Crippen MR) is 71.6 cm³/mol. The van der Waals surface area contributed by atoms with Gasteiger partial charge in [-0.05, 0) is 34.5 Å². The summed E-state index contributed by atoms with van der Waals surface area (Å²) in [6.45, 7) is 1.97. The number of hydrogen-bond acceptors (Lipinski definition) is 3. The number of rotatable bonds is 2. The molecule has 0 amide bonds. The van der Waals surface area contributed by atoms with Crippen molar-refractivity contribution in [1.82, 2.24) is 9.55 Å². The van der Waals surface area contributed by atoms with Gasteiger partial charge >= 0.3 is 0 Å². The van der Waals surface area contributed by atoms with Crippen molar-refractivity contribution in [3.63, 3.8) is 0 Å². The molecule has 0 aliphatic rings. The van der Waals surface area contributed by atoms with Crippen molar-refractivity contribution in [2.75, 3.05) is 5.32 Å². The Hall–Kier alpha value is -1.62. The van der Waals surface area contributed by atoms with E-state index < -0.39 is 0 Å². The molecule has 0 saturated heterocycles. The molecule has 1 heterocycles. The van der Waals surface area contributed by atoms with Crippen molar-refractivity contribution in [3.8, 4) is 0 Å². The summed E-state index contributed by atoms with van der Waals surface area (Å²) in [5, 5.41) is 3.06. The summed E-state index contributed by atoms with van der Waals surface area (Å²) in [5.74, 6) is 0.324. The van der Waals surface area contributed by atoms with Crippen LogP contribution >= 0.6 is 15.9 Å². The second-order valence-corrected chi connectivity index (χ2v) is 4.60. The van der Waals surface area contributed by atoms with Crippen molar-refractivity contribution in [3.05, 3.63) is 51.0 Å². The quantitative estimate of drug-likeness (QED) is 0.926. The fourth-order valence-electron chi connectivity index (χ4n) is 1.49. The molecule has 0 spiro atoms. The second kappa shape index (κ2) is 4.71. The standard InChI is InChI=1S/C12H12BrN3O/c1-8-4-3-5-9(13)10(8)15-11-12(17)16(2)7-6-14-11/h3-7H,1-2H3,(H,14,15). The molecule has 88 valence electrons. The lowest BCUT2D eigenvalue weighted by Gasteiger charge is -2.10. The highest BCUT2D eigenvalue weighted by Crippen LogP contribution is 2.27. The molecule has 2 aromatic rings. The molecular weight excluding hydrogens is 282 g/mol. The highest BCUT2D eigenvalue weighted by Gasteiger charge is 2.07. The molecule has 0 bridgehead atoms. The number of aryl methyl sites for hydroxylation is 2. The van der Waals surface area contributed by atoms with Gasteiger partial charge < -0.3 is 9.88 Å². The Labute approximate surface area is 107 Å². The van der Waals surface area contributed by atoms with Gasteiger partial charge in [-0.15, -0.1) is 0 Å². The lowest BCUT2D eigenvalue weighted by atomic mass is 10.2. The van der Waals surface area contributed by atoms with Crippen LogP contribution in [-0.4, -0.2) is 9.55 Å². The van der Waals surface area contributed by atoms with Gasteiger partial charge in [0.2, 0.25) is 0 Å². The SMILES string of the molecule is Cc1cccc(Br)c1Nc1nccn(C)c1=O. The normalized spacial score (nSPS) is 10.3. The van der Waals surface area contributed by atoms with Crippen molar-refractivity contribution in [2.45, 2.75) is 6.92 Å². The lowest BCUT2D eigenvalue weighted by molar-refractivity contribution is 0.845. The Bertz CT molecular complexity index is 587. The number of para-hydroxylation sites is 1. The van der Waals surface area contributed by atoms with Crippen LogP contribution in [0.3, 0.4) is 0 Å². The Kier molecular flexibility index (Phi) is 3.28. The van der Waals surface area contributed by atoms with Crippen LogP contribution in [0.4, 0.5) is 11.5 Å². The van der Waals surface area contributed by atoms with E-state index in [2.05, 4.69) is 26.2 Å². The van der Waals surface area contributed by atoms with Crippen LogP contribution in [0, 0.1) is 6.92 Å². The van der Waals surface area contributed by atoms with E-state index >= 15 is 0 Å². The molecule has 0 aliphatic heterocycles. The second-order valence-electron chi connectivity index (χ2n) is 3.75. The maximum absolute atomic E-state index is 11.8. The van der Waals surface area contributed by atoms with E-state index in [1.165, 1.54) is 4.57 Å². The average Bonchev–Trinajstić information content (AvgIpc) is 2.29. The maximum atomic E-state index is 11.8. The molecule has 1 aromatic heterocycles. The van der Waals surface area contributed by atoms with Crippen molar-refractivity contribution >= 4 is 27.4 Å². The number of halogens is 1. The third kappa shape index (κ3) is 2.39. The lowest BCUT2D eigenvalue weighted by Crippen LogP contribution is -2.20. The van der Waals surface area contributed by atoms with Crippen LogP contribution in [0.2, 0.25) is 0 Å². The predicted octanol–water partition coefficient (Wildman–Crippen LogP) is 2.59. The smallest absolute Gasteiger partial charge is 0.293 e. The first-order chi connectivity index (χ1) is 8.09. The zero-order chi connectivity index (χ0) is 12.4. The van der Waals surface area contributed by atoms with Gasteiger partial charge in [0.1, 0.15) is 0 Å².